The highest BCUT2D eigenvalue weighted by atomic mass is 32.2. The van der Waals surface area contributed by atoms with Crippen LogP contribution in [0.3, 0.4) is 0 Å². The molecule has 0 aliphatic heterocycles. The number of carbonyl (C=O) groups is 1. The van der Waals surface area contributed by atoms with Crippen molar-refractivity contribution < 1.29 is 22.4 Å². The summed E-state index contributed by atoms with van der Waals surface area (Å²) in [4.78, 5) is 25.5. The van der Waals surface area contributed by atoms with Crippen LogP contribution in [-0.2, 0) is 9.84 Å². The Labute approximate surface area is 178 Å². The quantitative estimate of drug-likeness (QED) is 0.349. The number of fused-ring (bicyclic) bond motifs is 1. The summed E-state index contributed by atoms with van der Waals surface area (Å²) in [6, 6.07) is 19.3. The van der Waals surface area contributed by atoms with Gasteiger partial charge in [0.05, 0.1) is 21.4 Å². The lowest BCUT2D eigenvalue weighted by molar-refractivity contribution is 0.0735. The van der Waals surface area contributed by atoms with Crippen LogP contribution < -0.4 is 10.2 Å². The van der Waals surface area contributed by atoms with E-state index in [1.807, 2.05) is 30.3 Å². The van der Waals surface area contributed by atoms with Crippen LogP contribution in [0.5, 0.6) is 5.75 Å². The summed E-state index contributed by atoms with van der Waals surface area (Å²) in [5.74, 6) is 0.0163. The molecule has 0 N–H and O–H groups in total. The molecule has 0 bridgehead atoms. The van der Waals surface area contributed by atoms with Crippen LogP contribution in [0.4, 0.5) is 0 Å². The fraction of sp³-hybridized carbons (Fsp3) is 0.0833. The number of aryl methyl sites for hydroxylation is 1. The average Bonchev–Trinajstić information content (AvgIpc) is 2.74. The molecule has 0 aliphatic carbocycles. The first kappa shape index (κ1) is 20.6. The number of carbonyl (C=O) groups excluding carboxylic acids is 1. The smallest absolute Gasteiger partial charge is 0.343 e. The molecule has 1 heterocycles. The normalized spacial score (nSPS) is 11.4. The highest BCUT2D eigenvalue weighted by molar-refractivity contribution is 7.90. The van der Waals surface area contributed by atoms with Crippen molar-refractivity contribution in [2.24, 2.45) is 0 Å². The summed E-state index contributed by atoms with van der Waals surface area (Å²) in [7, 11) is -3.35. The van der Waals surface area contributed by atoms with Crippen LogP contribution in [0.25, 0.3) is 22.1 Å². The minimum Gasteiger partial charge on any atom is -0.460 e. The molecular weight excluding hydrogens is 416 g/mol. The van der Waals surface area contributed by atoms with Crippen molar-refractivity contribution in [3.63, 3.8) is 0 Å². The third-order valence-electron chi connectivity index (χ3n) is 4.83. The van der Waals surface area contributed by atoms with Crippen molar-refractivity contribution in [2.45, 2.75) is 11.8 Å². The molecule has 0 spiro atoms. The molecule has 0 unspecified atom stereocenters. The number of esters is 1. The number of benzene rings is 3. The number of sulfone groups is 1. The van der Waals surface area contributed by atoms with Crippen LogP contribution in [0.1, 0.15) is 16.1 Å². The maximum Gasteiger partial charge on any atom is 0.343 e. The number of hydrogen-bond donors (Lipinski definition) is 0. The van der Waals surface area contributed by atoms with Gasteiger partial charge in [-0.2, -0.15) is 0 Å². The van der Waals surface area contributed by atoms with E-state index >= 15 is 0 Å². The van der Waals surface area contributed by atoms with Gasteiger partial charge in [-0.15, -0.1) is 0 Å². The average molecular weight is 434 g/mol. The van der Waals surface area contributed by atoms with Gasteiger partial charge in [0.2, 0.25) is 5.43 Å². The van der Waals surface area contributed by atoms with Gasteiger partial charge in [-0.05, 0) is 48.9 Å². The molecule has 0 saturated heterocycles. The molecule has 7 heteroatoms. The van der Waals surface area contributed by atoms with Gasteiger partial charge in [0.1, 0.15) is 17.1 Å². The topological polar surface area (TPSA) is 90.7 Å². The summed E-state index contributed by atoms with van der Waals surface area (Å²) >= 11 is 0. The van der Waals surface area contributed by atoms with E-state index in [0.29, 0.717) is 22.3 Å². The molecule has 0 atom stereocenters. The largest absolute Gasteiger partial charge is 0.460 e. The van der Waals surface area contributed by atoms with Crippen molar-refractivity contribution in [1.82, 2.24) is 0 Å². The van der Waals surface area contributed by atoms with Gasteiger partial charge in [-0.3, -0.25) is 4.79 Å². The first-order valence-electron chi connectivity index (χ1n) is 9.39. The van der Waals surface area contributed by atoms with Gasteiger partial charge in [-0.1, -0.05) is 30.3 Å². The van der Waals surface area contributed by atoms with Gasteiger partial charge in [0.15, 0.2) is 9.84 Å². The Kier molecular flexibility index (Phi) is 5.20. The molecule has 0 fully saturated rings. The molecule has 31 heavy (non-hydrogen) atoms. The lowest BCUT2D eigenvalue weighted by atomic mass is 10.0. The van der Waals surface area contributed by atoms with Gasteiger partial charge in [0.25, 0.3) is 0 Å². The third kappa shape index (κ3) is 4.13. The van der Waals surface area contributed by atoms with E-state index in [2.05, 4.69) is 0 Å². The molecule has 0 aliphatic rings. The molecule has 6 nitrogen and oxygen atoms in total. The second-order valence-electron chi connectivity index (χ2n) is 7.07. The minimum absolute atomic E-state index is 0.112. The molecule has 3 aromatic carbocycles. The number of ether oxygens (including phenoxy) is 1. The SMILES string of the molecule is Cc1oc2cc(OC(=O)c3ccc(S(C)(=O)=O)cc3)ccc2c(=O)c1-c1ccccc1. The molecule has 4 aromatic rings. The summed E-state index contributed by atoms with van der Waals surface area (Å²) in [6.45, 7) is 1.71. The zero-order valence-corrected chi connectivity index (χ0v) is 17.6. The predicted molar refractivity (Wildman–Crippen MR) is 117 cm³/mol. The van der Waals surface area contributed by atoms with E-state index in [4.69, 9.17) is 9.15 Å². The van der Waals surface area contributed by atoms with E-state index in [9.17, 15) is 18.0 Å². The summed E-state index contributed by atoms with van der Waals surface area (Å²) in [6.07, 6.45) is 1.09. The van der Waals surface area contributed by atoms with E-state index in [0.717, 1.165) is 11.8 Å². The molecule has 1 aromatic heterocycles. The maximum atomic E-state index is 13.0. The molecule has 0 radical (unpaired) electrons. The highest BCUT2D eigenvalue weighted by Gasteiger charge is 2.16. The van der Waals surface area contributed by atoms with Crippen LogP contribution in [0.2, 0.25) is 0 Å². The van der Waals surface area contributed by atoms with Crippen molar-refractivity contribution >= 4 is 26.8 Å². The van der Waals surface area contributed by atoms with Gasteiger partial charge >= 0.3 is 5.97 Å². The van der Waals surface area contributed by atoms with Gasteiger partial charge in [0, 0.05) is 12.3 Å². The predicted octanol–water partition coefficient (Wildman–Crippen LogP) is 4.39. The Balaban J connectivity index is 1.65. The lowest BCUT2D eigenvalue weighted by Crippen LogP contribution is -2.10. The van der Waals surface area contributed by atoms with Crippen LogP contribution >= 0.6 is 0 Å². The Morgan fingerprint density at radius 1 is 0.935 bits per heavy atom. The maximum absolute atomic E-state index is 13.0. The monoisotopic (exact) mass is 434 g/mol. The number of hydrogen-bond acceptors (Lipinski definition) is 6. The highest BCUT2D eigenvalue weighted by Crippen LogP contribution is 2.26. The zero-order valence-electron chi connectivity index (χ0n) is 16.8. The fourth-order valence-corrected chi connectivity index (χ4v) is 3.92. The number of rotatable bonds is 4. The molecule has 156 valence electrons. The van der Waals surface area contributed by atoms with E-state index in [1.54, 1.807) is 13.0 Å². The van der Waals surface area contributed by atoms with Gasteiger partial charge < -0.3 is 9.15 Å². The lowest BCUT2D eigenvalue weighted by Gasteiger charge is -2.09. The van der Waals surface area contributed by atoms with E-state index in [1.165, 1.54) is 36.4 Å². The summed E-state index contributed by atoms with van der Waals surface area (Å²) in [5, 5.41) is 0.377. The second-order valence-corrected chi connectivity index (χ2v) is 9.09. The van der Waals surface area contributed by atoms with E-state index < -0.39 is 15.8 Å². The Morgan fingerprint density at radius 2 is 1.61 bits per heavy atom. The Morgan fingerprint density at radius 3 is 2.26 bits per heavy atom. The van der Waals surface area contributed by atoms with Crippen LogP contribution in [-0.4, -0.2) is 20.6 Å². The Bertz CT molecular complexity index is 1450. The van der Waals surface area contributed by atoms with Gasteiger partial charge in [-0.25, -0.2) is 13.2 Å². The Hall–Kier alpha value is -3.71. The van der Waals surface area contributed by atoms with Crippen molar-refractivity contribution in [3.05, 3.63) is 94.3 Å². The summed E-state index contributed by atoms with van der Waals surface area (Å²) in [5.41, 5.74) is 1.59. The zero-order chi connectivity index (χ0) is 22.2. The molecule has 4 rings (SSSR count). The fourth-order valence-electron chi connectivity index (χ4n) is 3.29. The standard InChI is InChI=1S/C24H18O6S/c1-15-22(16-6-4-3-5-7-16)23(25)20-13-10-18(14-21(20)29-15)30-24(26)17-8-11-19(12-9-17)31(2,27)28/h3-14H,1-2H3. The minimum atomic E-state index is -3.35. The molecule has 0 amide bonds. The first-order chi connectivity index (χ1) is 14.7. The third-order valence-corrected chi connectivity index (χ3v) is 5.96. The van der Waals surface area contributed by atoms with Crippen molar-refractivity contribution in [2.75, 3.05) is 6.26 Å². The molecule has 0 saturated carbocycles. The van der Waals surface area contributed by atoms with E-state index in [-0.39, 0.29) is 21.6 Å². The second kappa shape index (κ2) is 7.85. The van der Waals surface area contributed by atoms with Crippen LogP contribution in [0, 0.1) is 6.92 Å². The van der Waals surface area contributed by atoms with Crippen molar-refractivity contribution in [3.8, 4) is 16.9 Å². The summed E-state index contributed by atoms with van der Waals surface area (Å²) < 4.78 is 34.3. The first-order valence-corrected chi connectivity index (χ1v) is 11.3. The van der Waals surface area contributed by atoms with Crippen molar-refractivity contribution in [1.29, 1.82) is 0 Å². The molecular formula is C24H18O6S. The van der Waals surface area contributed by atoms with Crippen LogP contribution in [0.15, 0.2) is 86.9 Å².